The molecular weight excluding hydrogens is 254 g/mol. The normalized spacial score (nSPS) is 16.9. The van der Waals surface area contributed by atoms with E-state index >= 15 is 0 Å². The molecule has 0 bridgehead atoms. The first-order valence-corrected chi connectivity index (χ1v) is 6.58. The third-order valence-electron chi connectivity index (χ3n) is 4.18. The van der Waals surface area contributed by atoms with Crippen molar-refractivity contribution in [1.82, 2.24) is 9.97 Å². The molecule has 20 heavy (non-hydrogen) atoms. The summed E-state index contributed by atoms with van der Waals surface area (Å²) < 4.78 is 0. The van der Waals surface area contributed by atoms with Gasteiger partial charge in [0, 0.05) is 7.05 Å². The van der Waals surface area contributed by atoms with Crippen molar-refractivity contribution in [3.05, 3.63) is 33.4 Å². The average molecular weight is 271 g/mol. The van der Waals surface area contributed by atoms with Gasteiger partial charge in [-0.15, -0.1) is 0 Å². The summed E-state index contributed by atoms with van der Waals surface area (Å²) in [5, 5.41) is 0.544. The summed E-state index contributed by atoms with van der Waals surface area (Å²) in [6.07, 6.45) is 0. The van der Waals surface area contributed by atoms with Crippen LogP contribution in [-0.2, 0) is 10.2 Å². The summed E-state index contributed by atoms with van der Waals surface area (Å²) in [6, 6.07) is 1.81. The summed E-state index contributed by atoms with van der Waals surface area (Å²) in [7, 11) is 1.77. The third-order valence-corrected chi connectivity index (χ3v) is 4.18. The molecule has 5 nitrogen and oxygen atoms in total. The fraction of sp³-hybridized carbons (Fsp3) is 0.400. The average Bonchev–Trinajstić information content (AvgIpc) is 2.53. The molecule has 2 heterocycles. The minimum Gasteiger partial charge on any atom is -0.314 e. The molecule has 0 saturated carbocycles. The SMILES string of the molecule is Cc1nc2c(C)c3c(cc2c(=O)[nH]1)C(C)(C)C(=O)N3C. The Morgan fingerprint density at radius 2 is 1.90 bits per heavy atom. The highest BCUT2D eigenvalue weighted by molar-refractivity contribution is 6.10. The van der Waals surface area contributed by atoms with E-state index in [9.17, 15) is 9.59 Å². The van der Waals surface area contributed by atoms with Crippen molar-refractivity contribution in [1.29, 1.82) is 0 Å². The Kier molecular flexibility index (Phi) is 2.37. The van der Waals surface area contributed by atoms with Gasteiger partial charge in [0.1, 0.15) is 5.82 Å². The molecule has 1 N–H and O–H groups in total. The van der Waals surface area contributed by atoms with Crippen molar-refractivity contribution in [3.8, 4) is 0 Å². The Balaban J connectivity index is 2.52. The summed E-state index contributed by atoms with van der Waals surface area (Å²) in [5.41, 5.74) is 2.56. The lowest BCUT2D eigenvalue weighted by atomic mass is 9.84. The van der Waals surface area contributed by atoms with Crippen molar-refractivity contribution >= 4 is 22.5 Å². The number of hydrogen-bond donors (Lipinski definition) is 1. The second-order valence-corrected chi connectivity index (χ2v) is 5.93. The highest BCUT2D eigenvalue weighted by Gasteiger charge is 2.43. The molecule has 2 aromatic rings. The van der Waals surface area contributed by atoms with Crippen LogP contribution >= 0.6 is 0 Å². The molecule has 1 aromatic carbocycles. The zero-order valence-corrected chi connectivity index (χ0v) is 12.3. The van der Waals surface area contributed by atoms with Gasteiger partial charge < -0.3 is 9.88 Å². The lowest BCUT2D eigenvalue weighted by Gasteiger charge is -2.16. The van der Waals surface area contributed by atoms with Gasteiger partial charge in [0.25, 0.3) is 5.56 Å². The van der Waals surface area contributed by atoms with E-state index in [0.717, 1.165) is 16.8 Å². The molecule has 0 fully saturated rings. The first-order valence-electron chi connectivity index (χ1n) is 6.58. The van der Waals surface area contributed by atoms with Crippen LogP contribution in [0.5, 0.6) is 0 Å². The Labute approximate surface area is 116 Å². The Hall–Kier alpha value is -2.17. The number of nitrogens with one attached hydrogen (secondary N) is 1. The third kappa shape index (κ3) is 1.40. The Morgan fingerprint density at radius 1 is 1.25 bits per heavy atom. The second kappa shape index (κ2) is 3.69. The van der Waals surface area contributed by atoms with Crippen molar-refractivity contribution in [2.24, 2.45) is 0 Å². The number of H-pyrrole nitrogens is 1. The second-order valence-electron chi connectivity index (χ2n) is 5.93. The quantitative estimate of drug-likeness (QED) is 0.794. The first-order chi connectivity index (χ1) is 9.25. The number of rotatable bonds is 0. The van der Waals surface area contributed by atoms with E-state index < -0.39 is 5.41 Å². The number of fused-ring (bicyclic) bond motifs is 2. The van der Waals surface area contributed by atoms with E-state index in [1.807, 2.05) is 26.8 Å². The maximum absolute atomic E-state index is 12.4. The van der Waals surface area contributed by atoms with Crippen LogP contribution in [-0.4, -0.2) is 22.9 Å². The van der Waals surface area contributed by atoms with Crippen LogP contribution in [0.15, 0.2) is 10.9 Å². The molecule has 1 aliphatic rings. The number of nitrogens with zero attached hydrogens (tertiary/aromatic N) is 2. The van der Waals surface area contributed by atoms with Gasteiger partial charge in [-0.05, 0) is 44.9 Å². The highest BCUT2D eigenvalue weighted by Crippen LogP contribution is 2.44. The van der Waals surface area contributed by atoms with Gasteiger partial charge in [0.15, 0.2) is 0 Å². The molecule has 104 valence electrons. The number of anilines is 1. The van der Waals surface area contributed by atoms with Crippen LogP contribution in [0, 0.1) is 13.8 Å². The highest BCUT2D eigenvalue weighted by atomic mass is 16.2. The van der Waals surface area contributed by atoms with Gasteiger partial charge in [0.2, 0.25) is 5.91 Å². The summed E-state index contributed by atoms with van der Waals surface area (Å²) in [6.45, 7) is 7.45. The summed E-state index contributed by atoms with van der Waals surface area (Å²) in [4.78, 5) is 33.3. The van der Waals surface area contributed by atoms with Gasteiger partial charge in [0.05, 0.1) is 22.0 Å². The van der Waals surface area contributed by atoms with E-state index in [-0.39, 0.29) is 11.5 Å². The zero-order chi connectivity index (χ0) is 14.8. The molecule has 3 rings (SSSR count). The van der Waals surface area contributed by atoms with Crippen LogP contribution < -0.4 is 10.5 Å². The summed E-state index contributed by atoms with van der Waals surface area (Å²) >= 11 is 0. The smallest absolute Gasteiger partial charge is 0.258 e. The molecule has 0 atom stereocenters. The van der Waals surface area contributed by atoms with Crippen molar-refractivity contribution in [2.45, 2.75) is 33.1 Å². The predicted octanol–water partition coefficient (Wildman–Crippen LogP) is 1.79. The number of amides is 1. The lowest BCUT2D eigenvalue weighted by molar-refractivity contribution is -0.121. The predicted molar refractivity (Wildman–Crippen MR) is 78.3 cm³/mol. The minimum absolute atomic E-state index is 0.0408. The van der Waals surface area contributed by atoms with Crippen molar-refractivity contribution in [3.63, 3.8) is 0 Å². The van der Waals surface area contributed by atoms with Gasteiger partial charge in [-0.2, -0.15) is 0 Å². The van der Waals surface area contributed by atoms with E-state index in [1.54, 1.807) is 18.9 Å². The molecule has 0 saturated heterocycles. The van der Waals surface area contributed by atoms with E-state index in [2.05, 4.69) is 9.97 Å². The molecule has 1 aliphatic heterocycles. The number of aromatic nitrogens is 2. The molecule has 5 heteroatoms. The number of aryl methyl sites for hydroxylation is 2. The molecule has 0 unspecified atom stereocenters. The number of aromatic amines is 1. The fourth-order valence-electron chi connectivity index (χ4n) is 3.09. The van der Waals surface area contributed by atoms with E-state index in [4.69, 9.17) is 0 Å². The van der Waals surface area contributed by atoms with Crippen LogP contribution in [0.4, 0.5) is 5.69 Å². The molecule has 0 spiro atoms. The topological polar surface area (TPSA) is 66.1 Å². The maximum atomic E-state index is 12.4. The number of carbonyl (C=O) groups excluding carboxylic acids is 1. The number of likely N-dealkylation sites (N-methyl/N-ethyl adjacent to an activating group) is 1. The number of benzene rings is 1. The number of hydrogen-bond acceptors (Lipinski definition) is 3. The van der Waals surface area contributed by atoms with E-state index in [0.29, 0.717) is 16.7 Å². The summed E-state index contributed by atoms with van der Waals surface area (Å²) in [5.74, 6) is 0.621. The van der Waals surface area contributed by atoms with Crippen LogP contribution in [0.3, 0.4) is 0 Å². The fourth-order valence-corrected chi connectivity index (χ4v) is 3.09. The van der Waals surface area contributed by atoms with Gasteiger partial charge >= 0.3 is 0 Å². The lowest BCUT2D eigenvalue weighted by Crippen LogP contribution is -2.33. The molecule has 0 radical (unpaired) electrons. The van der Waals surface area contributed by atoms with Gasteiger partial charge in [-0.1, -0.05) is 0 Å². The largest absolute Gasteiger partial charge is 0.314 e. The minimum atomic E-state index is -0.611. The molecular formula is C15H17N3O2. The van der Waals surface area contributed by atoms with Crippen molar-refractivity contribution in [2.75, 3.05) is 11.9 Å². The molecule has 1 aromatic heterocycles. The molecule has 0 aliphatic carbocycles. The standard InChI is InChI=1S/C15H17N3O2/c1-7-11-9(13(19)17-8(2)16-11)6-10-12(7)18(5)14(20)15(10,3)4/h6H,1-5H3,(H,16,17,19). The van der Waals surface area contributed by atoms with Gasteiger partial charge in [-0.3, -0.25) is 9.59 Å². The first kappa shape index (κ1) is 12.8. The monoisotopic (exact) mass is 271 g/mol. The maximum Gasteiger partial charge on any atom is 0.258 e. The van der Waals surface area contributed by atoms with Crippen LogP contribution in [0.1, 0.15) is 30.8 Å². The van der Waals surface area contributed by atoms with Gasteiger partial charge in [-0.25, -0.2) is 4.98 Å². The van der Waals surface area contributed by atoms with E-state index in [1.165, 1.54) is 0 Å². The van der Waals surface area contributed by atoms with Crippen molar-refractivity contribution < 1.29 is 4.79 Å². The Bertz CT molecular complexity index is 818. The number of carbonyl (C=O) groups is 1. The zero-order valence-electron chi connectivity index (χ0n) is 12.3. The molecule has 1 amide bonds. The Morgan fingerprint density at radius 3 is 2.55 bits per heavy atom. The van der Waals surface area contributed by atoms with Crippen LogP contribution in [0.25, 0.3) is 10.9 Å². The van der Waals surface area contributed by atoms with Crippen LogP contribution in [0.2, 0.25) is 0 Å².